The molecule has 0 saturated carbocycles. The number of ether oxygens (including phenoxy) is 1. The molecule has 1 atom stereocenters. The quantitative estimate of drug-likeness (QED) is 0.433. The van der Waals surface area contributed by atoms with E-state index < -0.39 is 0 Å². The molecule has 1 N–H and O–H groups in total. The topological polar surface area (TPSA) is 58.6 Å². The molecule has 1 fully saturated rings. The first-order chi connectivity index (χ1) is 15.9. The van der Waals surface area contributed by atoms with Gasteiger partial charge in [0.05, 0.1) is 5.75 Å². The highest BCUT2D eigenvalue weighted by Crippen LogP contribution is 2.44. The molecule has 33 heavy (non-hydrogen) atoms. The van der Waals surface area contributed by atoms with Gasteiger partial charge in [0.1, 0.15) is 11.1 Å². The lowest BCUT2D eigenvalue weighted by Crippen LogP contribution is -2.29. The van der Waals surface area contributed by atoms with Crippen molar-refractivity contribution in [2.24, 2.45) is 0 Å². The molecule has 0 spiro atoms. The highest BCUT2D eigenvalue weighted by Gasteiger charge is 2.35. The summed E-state index contributed by atoms with van der Waals surface area (Å²) in [6, 6.07) is 22.5. The van der Waals surface area contributed by atoms with Gasteiger partial charge in [-0.2, -0.15) is 0 Å². The number of hydrogen-bond acceptors (Lipinski definition) is 4. The normalized spacial score (nSPS) is 15.7. The Kier molecular flexibility index (Phi) is 7.26. The third kappa shape index (κ3) is 5.52. The third-order valence-electron chi connectivity index (χ3n) is 5.35. The summed E-state index contributed by atoms with van der Waals surface area (Å²) < 4.78 is 5.49. The first-order valence-corrected chi connectivity index (χ1v) is 12.2. The number of halogens is 1. The number of carbonyl (C=O) groups is 2. The average Bonchev–Trinajstić information content (AvgIpc) is 3.20. The highest BCUT2D eigenvalue weighted by molar-refractivity contribution is 8.00. The maximum Gasteiger partial charge on any atom is 0.262 e. The van der Waals surface area contributed by atoms with Crippen molar-refractivity contribution in [1.29, 1.82) is 0 Å². The first kappa shape index (κ1) is 23.2. The molecule has 0 radical (unpaired) electrons. The summed E-state index contributed by atoms with van der Waals surface area (Å²) in [7, 11) is 0. The van der Waals surface area contributed by atoms with E-state index in [0.717, 1.165) is 16.8 Å². The minimum Gasteiger partial charge on any atom is -0.484 e. The lowest BCUT2D eigenvalue weighted by Gasteiger charge is -2.27. The van der Waals surface area contributed by atoms with Crippen LogP contribution in [0.3, 0.4) is 0 Å². The second kappa shape index (κ2) is 10.3. The number of benzene rings is 3. The Bertz CT molecular complexity index is 1130. The smallest absolute Gasteiger partial charge is 0.262 e. The number of anilines is 2. The molecular weight excluding hydrogens is 456 g/mol. The Labute approximate surface area is 203 Å². The number of para-hydroxylation sites is 1. The molecule has 1 heterocycles. The van der Waals surface area contributed by atoms with Crippen LogP contribution in [0.15, 0.2) is 72.8 Å². The van der Waals surface area contributed by atoms with Crippen LogP contribution in [0.1, 0.15) is 36.3 Å². The zero-order valence-corrected chi connectivity index (χ0v) is 20.0. The van der Waals surface area contributed by atoms with Crippen LogP contribution in [-0.2, 0) is 9.59 Å². The second-order valence-corrected chi connectivity index (χ2v) is 9.56. The number of nitrogens with one attached hydrogen (secondary N) is 1. The van der Waals surface area contributed by atoms with Crippen molar-refractivity contribution in [3.63, 3.8) is 0 Å². The van der Waals surface area contributed by atoms with E-state index in [1.54, 1.807) is 36.0 Å². The number of hydrogen-bond donors (Lipinski definition) is 1. The van der Waals surface area contributed by atoms with Gasteiger partial charge in [-0.15, -0.1) is 11.8 Å². The molecule has 1 aliphatic rings. The number of thioether (sulfide) groups is 1. The van der Waals surface area contributed by atoms with E-state index in [1.807, 2.05) is 47.4 Å². The molecule has 5 nitrogen and oxygen atoms in total. The molecular formula is C26H25ClN2O3S. The zero-order chi connectivity index (χ0) is 23.4. The van der Waals surface area contributed by atoms with Gasteiger partial charge in [-0.1, -0.05) is 55.8 Å². The SMILES string of the molecule is CC(C)c1ccccc1N1C(=O)CS[C@H]1c1ccc(NC(=O)COc2ccc(Cl)cc2)cc1. The summed E-state index contributed by atoms with van der Waals surface area (Å²) in [4.78, 5) is 26.9. The van der Waals surface area contributed by atoms with E-state index in [9.17, 15) is 9.59 Å². The van der Waals surface area contributed by atoms with Crippen LogP contribution < -0.4 is 15.0 Å². The molecule has 0 aromatic heterocycles. The van der Waals surface area contributed by atoms with Crippen LogP contribution in [0.25, 0.3) is 0 Å². The molecule has 0 unspecified atom stereocenters. The van der Waals surface area contributed by atoms with Crippen molar-refractivity contribution in [1.82, 2.24) is 0 Å². The van der Waals surface area contributed by atoms with Gasteiger partial charge in [0.25, 0.3) is 5.91 Å². The lowest BCUT2D eigenvalue weighted by molar-refractivity contribution is -0.118. The standard InChI is InChI=1S/C26H25ClN2O3S/c1-17(2)22-5-3-4-6-23(22)29-25(31)16-33-26(29)18-7-11-20(12-8-18)28-24(30)15-32-21-13-9-19(27)10-14-21/h3-14,17,26H,15-16H2,1-2H3,(H,28,30)/t26-/m0/s1. The fraction of sp³-hybridized carbons (Fsp3) is 0.231. The summed E-state index contributed by atoms with van der Waals surface area (Å²) in [6.45, 7) is 4.17. The van der Waals surface area contributed by atoms with Crippen molar-refractivity contribution < 1.29 is 14.3 Å². The Hall–Kier alpha value is -2.96. The third-order valence-corrected chi connectivity index (χ3v) is 6.81. The van der Waals surface area contributed by atoms with Crippen molar-refractivity contribution in [3.8, 4) is 5.75 Å². The Balaban J connectivity index is 1.43. The molecule has 1 aliphatic heterocycles. The molecule has 170 valence electrons. The number of amides is 2. The Morgan fingerprint density at radius 1 is 1.09 bits per heavy atom. The summed E-state index contributed by atoms with van der Waals surface area (Å²) in [6.07, 6.45) is 0. The van der Waals surface area contributed by atoms with Crippen molar-refractivity contribution in [2.45, 2.75) is 25.1 Å². The average molecular weight is 481 g/mol. The van der Waals surface area contributed by atoms with E-state index in [4.69, 9.17) is 16.3 Å². The molecule has 4 rings (SSSR count). The van der Waals surface area contributed by atoms with Gasteiger partial charge in [0.2, 0.25) is 5.91 Å². The maximum absolute atomic E-state index is 12.8. The van der Waals surface area contributed by atoms with E-state index >= 15 is 0 Å². The Morgan fingerprint density at radius 3 is 2.48 bits per heavy atom. The molecule has 3 aromatic carbocycles. The fourth-order valence-electron chi connectivity index (χ4n) is 3.73. The number of nitrogens with zero attached hydrogens (tertiary/aromatic N) is 1. The van der Waals surface area contributed by atoms with Crippen LogP contribution in [0.4, 0.5) is 11.4 Å². The molecule has 0 bridgehead atoms. The molecule has 3 aromatic rings. The second-order valence-electron chi connectivity index (χ2n) is 8.05. The highest BCUT2D eigenvalue weighted by atomic mass is 35.5. The largest absolute Gasteiger partial charge is 0.484 e. The fourth-order valence-corrected chi connectivity index (χ4v) is 5.03. The van der Waals surface area contributed by atoms with Crippen LogP contribution in [0, 0.1) is 0 Å². The molecule has 0 aliphatic carbocycles. The lowest BCUT2D eigenvalue weighted by atomic mass is 10.00. The number of rotatable bonds is 7. The minimum atomic E-state index is -0.254. The van der Waals surface area contributed by atoms with Gasteiger partial charge in [-0.05, 0) is 59.5 Å². The van der Waals surface area contributed by atoms with E-state index in [1.165, 1.54) is 0 Å². The summed E-state index contributed by atoms with van der Waals surface area (Å²) >= 11 is 7.47. The van der Waals surface area contributed by atoms with Crippen LogP contribution in [0.2, 0.25) is 5.02 Å². The molecule has 1 saturated heterocycles. The van der Waals surface area contributed by atoms with Crippen molar-refractivity contribution in [3.05, 3.63) is 88.9 Å². The van der Waals surface area contributed by atoms with Crippen molar-refractivity contribution >= 4 is 46.6 Å². The van der Waals surface area contributed by atoms with Gasteiger partial charge in [0, 0.05) is 16.4 Å². The van der Waals surface area contributed by atoms with Gasteiger partial charge < -0.3 is 10.1 Å². The molecule has 2 amide bonds. The van der Waals surface area contributed by atoms with Crippen LogP contribution in [0.5, 0.6) is 5.75 Å². The van der Waals surface area contributed by atoms with Crippen LogP contribution >= 0.6 is 23.4 Å². The minimum absolute atomic E-state index is 0.101. The van der Waals surface area contributed by atoms with Crippen molar-refractivity contribution in [2.75, 3.05) is 22.6 Å². The Morgan fingerprint density at radius 2 is 1.79 bits per heavy atom. The van der Waals surface area contributed by atoms with Gasteiger partial charge in [0.15, 0.2) is 6.61 Å². The number of carbonyl (C=O) groups excluding carboxylic acids is 2. The van der Waals surface area contributed by atoms with Gasteiger partial charge in [-0.25, -0.2) is 0 Å². The first-order valence-electron chi connectivity index (χ1n) is 10.7. The van der Waals surface area contributed by atoms with E-state index in [-0.39, 0.29) is 23.8 Å². The van der Waals surface area contributed by atoms with E-state index in [0.29, 0.717) is 28.1 Å². The zero-order valence-electron chi connectivity index (χ0n) is 18.5. The van der Waals surface area contributed by atoms with Crippen LogP contribution in [-0.4, -0.2) is 24.2 Å². The predicted octanol–water partition coefficient (Wildman–Crippen LogP) is 6.26. The van der Waals surface area contributed by atoms with Gasteiger partial charge in [-0.3, -0.25) is 14.5 Å². The summed E-state index contributed by atoms with van der Waals surface area (Å²) in [5.74, 6) is 1.19. The monoisotopic (exact) mass is 480 g/mol. The summed E-state index contributed by atoms with van der Waals surface area (Å²) in [5.41, 5.74) is 3.80. The maximum atomic E-state index is 12.8. The van der Waals surface area contributed by atoms with E-state index in [2.05, 4.69) is 25.2 Å². The predicted molar refractivity (Wildman–Crippen MR) is 135 cm³/mol. The van der Waals surface area contributed by atoms with Gasteiger partial charge >= 0.3 is 0 Å². The summed E-state index contributed by atoms with van der Waals surface area (Å²) in [5, 5.41) is 3.35. The molecule has 7 heteroatoms.